The van der Waals surface area contributed by atoms with Crippen molar-refractivity contribution >= 4 is 13.6 Å². The second kappa shape index (κ2) is 11.5. The van der Waals surface area contributed by atoms with Gasteiger partial charge in [0.2, 0.25) is 0 Å². The zero-order valence-electron chi connectivity index (χ0n) is 16.8. The van der Waals surface area contributed by atoms with E-state index in [1.54, 1.807) is 0 Å². The number of unbranched alkanes of at least 4 members (excludes halogenated alkanes) is 1. The van der Waals surface area contributed by atoms with Crippen molar-refractivity contribution in [3.05, 3.63) is 34.9 Å². The van der Waals surface area contributed by atoms with Crippen LogP contribution in [-0.4, -0.2) is 26.0 Å². The first kappa shape index (κ1) is 24.8. The van der Waals surface area contributed by atoms with Gasteiger partial charge in [-0.25, -0.2) is 0 Å². The summed E-state index contributed by atoms with van der Waals surface area (Å²) in [5.41, 5.74) is 3.94. The third kappa shape index (κ3) is 9.51. The van der Waals surface area contributed by atoms with E-state index in [2.05, 4.69) is 32.9 Å². The highest BCUT2D eigenvalue weighted by Gasteiger charge is 2.48. The van der Waals surface area contributed by atoms with Crippen molar-refractivity contribution < 1.29 is 24.3 Å². The van der Waals surface area contributed by atoms with Crippen LogP contribution in [0.3, 0.4) is 0 Å². The van der Waals surface area contributed by atoms with Crippen molar-refractivity contribution in [3.63, 3.8) is 0 Å². The van der Waals surface area contributed by atoms with Crippen LogP contribution in [0.2, 0.25) is 0 Å². The molecule has 1 unspecified atom stereocenters. The lowest BCUT2D eigenvalue weighted by molar-refractivity contribution is -0.140. The van der Waals surface area contributed by atoms with Crippen LogP contribution in [0.1, 0.15) is 79.6 Å². The first-order valence-corrected chi connectivity index (χ1v) is 10.7. The van der Waals surface area contributed by atoms with Crippen LogP contribution in [-0.2, 0) is 9.36 Å². The van der Waals surface area contributed by atoms with Crippen LogP contribution >= 0.6 is 7.60 Å². The summed E-state index contributed by atoms with van der Waals surface area (Å²) in [6.45, 7) is 9.51. The predicted octanol–water partition coefficient (Wildman–Crippen LogP) is 5.60. The van der Waals surface area contributed by atoms with Gasteiger partial charge in [-0.3, -0.25) is 9.36 Å². The molecular formula is C20H35O5P. The molecule has 6 heteroatoms. The zero-order valence-corrected chi connectivity index (χ0v) is 17.7. The molecule has 0 aromatic carbocycles. The summed E-state index contributed by atoms with van der Waals surface area (Å²) in [6, 6.07) is 0. The molecule has 0 aliphatic rings. The highest BCUT2D eigenvalue weighted by Crippen LogP contribution is 2.53. The maximum absolute atomic E-state index is 11.4. The Labute approximate surface area is 158 Å². The van der Waals surface area contributed by atoms with Crippen molar-refractivity contribution in [1.82, 2.24) is 0 Å². The molecule has 0 aromatic rings. The molecule has 0 fully saturated rings. The van der Waals surface area contributed by atoms with Crippen LogP contribution in [0.25, 0.3) is 0 Å². The van der Waals surface area contributed by atoms with Crippen LogP contribution in [0.15, 0.2) is 34.9 Å². The Hall–Kier alpha value is -1.16. The van der Waals surface area contributed by atoms with Gasteiger partial charge in [-0.05, 0) is 79.6 Å². The Morgan fingerprint density at radius 3 is 1.81 bits per heavy atom. The Morgan fingerprint density at radius 2 is 1.38 bits per heavy atom. The molecule has 0 radical (unpaired) electrons. The Kier molecular flexibility index (Phi) is 11.0. The predicted molar refractivity (Wildman–Crippen MR) is 107 cm³/mol. The Balaban J connectivity index is 4.32. The molecule has 1 atom stereocenters. The quantitative estimate of drug-likeness (QED) is 0.231. The van der Waals surface area contributed by atoms with Crippen LogP contribution in [0.5, 0.6) is 0 Å². The summed E-state index contributed by atoms with van der Waals surface area (Å²) in [6.07, 6.45) is 11.6. The minimum absolute atomic E-state index is 0.0419. The summed E-state index contributed by atoms with van der Waals surface area (Å²) in [5, 5.41) is 7.12. The van der Waals surface area contributed by atoms with E-state index in [4.69, 9.17) is 5.11 Å². The van der Waals surface area contributed by atoms with E-state index in [9.17, 15) is 19.1 Å². The van der Waals surface area contributed by atoms with E-state index in [-0.39, 0.29) is 6.42 Å². The van der Waals surface area contributed by atoms with E-state index < -0.39 is 18.7 Å². The number of aliphatic carboxylic acids is 1. The van der Waals surface area contributed by atoms with Gasteiger partial charge in [0.05, 0.1) is 0 Å². The van der Waals surface area contributed by atoms with E-state index in [0.717, 1.165) is 32.6 Å². The van der Waals surface area contributed by atoms with Gasteiger partial charge in [-0.2, -0.15) is 0 Å². The third-order valence-corrected chi connectivity index (χ3v) is 6.29. The third-order valence-electron chi connectivity index (χ3n) is 4.59. The number of hydrogen-bond acceptors (Lipinski definition) is 2. The van der Waals surface area contributed by atoms with Crippen molar-refractivity contribution in [3.8, 4) is 0 Å². The van der Waals surface area contributed by atoms with Crippen LogP contribution in [0.4, 0.5) is 0 Å². The van der Waals surface area contributed by atoms with Gasteiger partial charge in [0.15, 0.2) is 5.16 Å². The standard InChI is InChI=1S/C20H35O5P/c1-16(2)10-8-12-18(4)14-9-13-17(3)11-6-7-15-20(5,19(21)22)26(23,24)25/h10-11,14H,6-9,12-13,15H2,1-5H3,(H,21,22)(H2,23,24,25). The van der Waals surface area contributed by atoms with E-state index in [1.807, 2.05) is 13.0 Å². The summed E-state index contributed by atoms with van der Waals surface area (Å²) in [5.74, 6) is -1.44. The molecule has 0 aromatic heterocycles. The van der Waals surface area contributed by atoms with E-state index in [1.165, 1.54) is 16.7 Å². The molecule has 26 heavy (non-hydrogen) atoms. The lowest BCUT2D eigenvalue weighted by Crippen LogP contribution is -2.34. The summed E-state index contributed by atoms with van der Waals surface area (Å²) in [4.78, 5) is 29.8. The molecule has 0 amide bonds. The second-order valence-electron chi connectivity index (χ2n) is 7.48. The van der Waals surface area contributed by atoms with E-state index >= 15 is 0 Å². The van der Waals surface area contributed by atoms with Gasteiger partial charge >= 0.3 is 13.6 Å². The van der Waals surface area contributed by atoms with Gasteiger partial charge in [-0.15, -0.1) is 0 Å². The number of carboxylic acids is 1. The summed E-state index contributed by atoms with van der Waals surface area (Å²) in [7, 11) is -4.68. The minimum Gasteiger partial charge on any atom is -0.480 e. The van der Waals surface area contributed by atoms with Gasteiger partial charge in [0.25, 0.3) is 0 Å². The average Bonchev–Trinajstić information content (AvgIpc) is 2.49. The lowest BCUT2D eigenvalue weighted by atomic mass is 10.0. The van der Waals surface area contributed by atoms with E-state index in [0.29, 0.717) is 12.8 Å². The normalized spacial score (nSPS) is 15.5. The molecule has 3 N–H and O–H groups in total. The van der Waals surface area contributed by atoms with Crippen molar-refractivity contribution in [1.29, 1.82) is 0 Å². The molecule has 0 saturated carbocycles. The SMILES string of the molecule is CC(C)=CCCC(C)=CCCC(C)=CCCCC(C)(C(=O)O)P(=O)(O)O. The number of carbonyl (C=O) groups is 1. The van der Waals surface area contributed by atoms with Gasteiger partial charge < -0.3 is 14.9 Å². The summed E-state index contributed by atoms with van der Waals surface area (Å²) < 4.78 is 11.4. The first-order valence-electron chi connectivity index (χ1n) is 9.14. The van der Waals surface area contributed by atoms with Crippen molar-refractivity contribution in [2.75, 3.05) is 0 Å². The molecule has 0 aliphatic heterocycles. The fourth-order valence-electron chi connectivity index (χ4n) is 2.51. The highest BCUT2D eigenvalue weighted by atomic mass is 31.2. The maximum atomic E-state index is 11.4. The highest BCUT2D eigenvalue weighted by molar-refractivity contribution is 7.54. The van der Waals surface area contributed by atoms with Crippen molar-refractivity contribution in [2.45, 2.75) is 84.7 Å². The molecule has 0 bridgehead atoms. The number of hydrogen-bond donors (Lipinski definition) is 3. The number of carboxylic acid groups (broad SMARTS) is 1. The molecule has 0 aliphatic carbocycles. The first-order chi connectivity index (χ1) is 11.9. The van der Waals surface area contributed by atoms with Gasteiger partial charge in [-0.1, -0.05) is 34.9 Å². The minimum atomic E-state index is -4.68. The molecule has 0 saturated heterocycles. The fraction of sp³-hybridized carbons (Fsp3) is 0.650. The number of allylic oxidation sites excluding steroid dienone is 6. The Morgan fingerprint density at radius 1 is 0.923 bits per heavy atom. The molecule has 0 rings (SSSR count). The van der Waals surface area contributed by atoms with Crippen molar-refractivity contribution in [2.24, 2.45) is 0 Å². The Bertz CT molecular complexity index is 593. The van der Waals surface area contributed by atoms with Crippen LogP contribution < -0.4 is 0 Å². The average molecular weight is 386 g/mol. The molecule has 0 heterocycles. The fourth-order valence-corrected chi connectivity index (χ4v) is 3.21. The molecule has 5 nitrogen and oxygen atoms in total. The van der Waals surface area contributed by atoms with Gasteiger partial charge in [0.1, 0.15) is 0 Å². The summed E-state index contributed by atoms with van der Waals surface area (Å²) >= 11 is 0. The lowest BCUT2D eigenvalue weighted by Gasteiger charge is -2.25. The molecule has 0 spiro atoms. The smallest absolute Gasteiger partial charge is 0.342 e. The molecular weight excluding hydrogens is 351 g/mol. The number of rotatable bonds is 12. The largest absolute Gasteiger partial charge is 0.480 e. The maximum Gasteiger partial charge on any atom is 0.342 e. The second-order valence-corrected chi connectivity index (χ2v) is 9.55. The topological polar surface area (TPSA) is 94.8 Å². The monoisotopic (exact) mass is 386 g/mol. The molecule has 150 valence electrons. The zero-order chi connectivity index (χ0) is 20.4. The van der Waals surface area contributed by atoms with Crippen LogP contribution in [0, 0.1) is 0 Å². The van der Waals surface area contributed by atoms with Gasteiger partial charge in [0, 0.05) is 0 Å².